The molecule has 6 heteroatoms. The fourth-order valence-electron chi connectivity index (χ4n) is 3.04. The fraction of sp³-hybridized carbons (Fsp3) is 0.500. The van der Waals surface area contributed by atoms with Gasteiger partial charge < -0.3 is 19.7 Å². The second-order valence-corrected chi connectivity index (χ2v) is 8.43. The van der Waals surface area contributed by atoms with Crippen LogP contribution < -0.4 is 0 Å². The Bertz CT molecular complexity index is 794. The maximum atomic E-state index is 11.8. The van der Waals surface area contributed by atoms with Crippen molar-refractivity contribution in [2.45, 2.75) is 86.0 Å². The number of hydrogen-bond acceptors (Lipinski definition) is 6. The highest BCUT2D eigenvalue weighted by Crippen LogP contribution is 2.19. The van der Waals surface area contributed by atoms with Crippen LogP contribution in [-0.2, 0) is 19.1 Å². The van der Waals surface area contributed by atoms with Crippen LogP contribution in [0.3, 0.4) is 0 Å². The van der Waals surface area contributed by atoms with E-state index < -0.39 is 17.9 Å². The molecule has 0 aromatic carbocycles. The molecule has 34 heavy (non-hydrogen) atoms. The normalized spacial score (nSPS) is 13.5. The molecular weight excluding hydrogens is 432 g/mol. The van der Waals surface area contributed by atoms with E-state index in [2.05, 4.69) is 32.9 Å². The summed E-state index contributed by atoms with van der Waals surface area (Å²) in [5.41, 5.74) is 4.27. The molecule has 0 aliphatic heterocycles. The Morgan fingerprint density at radius 2 is 1.26 bits per heavy atom. The highest BCUT2D eigenvalue weighted by atomic mass is 16.8. The van der Waals surface area contributed by atoms with Crippen LogP contribution in [0.25, 0.3) is 0 Å². The van der Waals surface area contributed by atoms with Crippen molar-refractivity contribution in [3.8, 4) is 0 Å². The second kappa shape index (κ2) is 17.7. The van der Waals surface area contributed by atoms with E-state index in [1.165, 1.54) is 29.4 Å². The van der Waals surface area contributed by atoms with Crippen LogP contribution in [0.4, 0.5) is 0 Å². The Labute approximate surface area is 205 Å². The van der Waals surface area contributed by atoms with Crippen molar-refractivity contribution in [1.29, 1.82) is 0 Å². The summed E-state index contributed by atoms with van der Waals surface area (Å²) in [6, 6.07) is 0. The standard InChI is InChI=1S/C28H42O6/c1-7-12-26(30)33-28(32,34-27(31)13-8-2)20-24(6)17-11-19-25(21-29)18-10-16-23(5)15-9-14-22(3)4/h7-8,12-14,16,19-20,29,32H,9-11,15,17-18,21H2,1-6H3/b12-7+,13-8+,23-16+,24-20+,25-19+. The maximum absolute atomic E-state index is 11.8. The van der Waals surface area contributed by atoms with Crippen molar-refractivity contribution in [3.63, 3.8) is 0 Å². The highest BCUT2D eigenvalue weighted by Gasteiger charge is 2.33. The van der Waals surface area contributed by atoms with Crippen molar-refractivity contribution in [2.75, 3.05) is 6.61 Å². The number of esters is 2. The van der Waals surface area contributed by atoms with Gasteiger partial charge >= 0.3 is 17.9 Å². The molecular formula is C28H42O6. The fourth-order valence-corrected chi connectivity index (χ4v) is 3.04. The second-order valence-electron chi connectivity index (χ2n) is 8.43. The average molecular weight is 475 g/mol. The molecule has 190 valence electrons. The first kappa shape index (κ1) is 31.3. The highest BCUT2D eigenvalue weighted by molar-refractivity contribution is 5.84. The largest absolute Gasteiger partial charge is 0.396 e. The summed E-state index contributed by atoms with van der Waals surface area (Å²) in [6.45, 7) is 11.3. The van der Waals surface area contributed by atoms with Gasteiger partial charge in [-0.1, -0.05) is 47.1 Å². The topological polar surface area (TPSA) is 93.1 Å². The van der Waals surface area contributed by atoms with Crippen molar-refractivity contribution in [1.82, 2.24) is 0 Å². The van der Waals surface area contributed by atoms with E-state index >= 15 is 0 Å². The molecule has 0 fully saturated rings. The van der Waals surface area contributed by atoms with Crippen molar-refractivity contribution in [2.24, 2.45) is 0 Å². The smallest absolute Gasteiger partial charge is 0.392 e. The van der Waals surface area contributed by atoms with E-state index in [-0.39, 0.29) is 6.61 Å². The van der Waals surface area contributed by atoms with E-state index in [0.29, 0.717) is 18.4 Å². The lowest BCUT2D eigenvalue weighted by Crippen LogP contribution is -2.37. The van der Waals surface area contributed by atoms with Gasteiger partial charge in [0.2, 0.25) is 0 Å². The molecule has 0 bridgehead atoms. The molecule has 0 spiro atoms. The summed E-state index contributed by atoms with van der Waals surface area (Å²) in [5, 5.41) is 20.3. The Morgan fingerprint density at radius 3 is 1.76 bits per heavy atom. The van der Waals surface area contributed by atoms with Gasteiger partial charge in [-0.15, -0.1) is 0 Å². The molecule has 0 heterocycles. The van der Waals surface area contributed by atoms with Crippen molar-refractivity contribution in [3.05, 3.63) is 70.9 Å². The quantitative estimate of drug-likeness (QED) is 0.131. The third-order valence-corrected chi connectivity index (χ3v) is 4.75. The third kappa shape index (κ3) is 16.0. The predicted molar refractivity (Wildman–Crippen MR) is 137 cm³/mol. The van der Waals surface area contributed by atoms with Gasteiger partial charge in [0.1, 0.15) is 0 Å². The molecule has 2 N–H and O–H groups in total. The minimum atomic E-state index is -2.51. The van der Waals surface area contributed by atoms with Crippen LogP contribution in [0.1, 0.15) is 80.1 Å². The number of aliphatic hydroxyl groups is 2. The summed E-state index contributed by atoms with van der Waals surface area (Å²) in [6.07, 6.45) is 17.6. The average Bonchev–Trinajstić information content (AvgIpc) is 2.72. The number of rotatable bonds is 15. The lowest BCUT2D eigenvalue weighted by molar-refractivity contribution is -0.291. The molecule has 0 aromatic rings. The van der Waals surface area contributed by atoms with Crippen molar-refractivity contribution >= 4 is 11.9 Å². The Balaban J connectivity index is 5.03. The van der Waals surface area contributed by atoms with E-state index in [1.54, 1.807) is 20.8 Å². The molecule has 0 aliphatic rings. The zero-order valence-corrected chi connectivity index (χ0v) is 21.6. The van der Waals surface area contributed by atoms with Gasteiger partial charge in [-0.25, -0.2) is 9.59 Å². The first-order chi connectivity index (χ1) is 16.0. The van der Waals surface area contributed by atoms with Crippen LogP contribution in [0.15, 0.2) is 70.9 Å². The Morgan fingerprint density at radius 1 is 0.765 bits per heavy atom. The number of allylic oxidation sites excluding steroid dienone is 8. The lowest BCUT2D eigenvalue weighted by Gasteiger charge is -2.23. The predicted octanol–water partition coefficient (Wildman–Crippen LogP) is 5.99. The Kier molecular flexibility index (Phi) is 16.3. The van der Waals surface area contributed by atoms with E-state index in [0.717, 1.165) is 43.4 Å². The summed E-state index contributed by atoms with van der Waals surface area (Å²) < 4.78 is 9.88. The third-order valence-electron chi connectivity index (χ3n) is 4.75. The van der Waals surface area contributed by atoms with Gasteiger partial charge in [0, 0.05) is 18.2 Å². The zero-order valence-electron chi connectivity index (χ0n) is 21.6. The van der Waals surface area contributed by atoms with Gasteiger partial charge in [-0.05, 0) is 85.6 Å². The first-order valence-corrected chi connectivity index (χ1v) is 11.7. The number of aliphatic hydroxyl groups excluding tert-OH is 1. The van der Waals surface area contributed by atoms with Gasteiger partial charge in [0.15, 0.2) is 0 Å². The lowest BCUT2D eigenvalue weighted by atomic mass is 10.0. The number of ether oxygens (including phenoxy) is 2. The molecule has 0 atom stereocenters. The van der Waals surface area contributed by atoms with Gasteiger partial charge in [0.05, 0.1) is 6.61 Å². The summed E-state index contributed by atoms with van der Waals surface area (Å²) in [5.74, 6) is -4.18. The van der Waals surface area contributed by atoms with Crippen LogP contribution >= 0.6 is 0 Å². The molecule has 0 amide bonds. The van der Waals surface area contributed by atoms with E-state index in [9.17, 15) is 19.8 Å². The molecule has 0 saturated heterocycles. The first-order valence-electron chi connectivity index (χ1n) is 11.7. The molecule has 0 aliphatic carbocycles. The molecule has 0 aromatic heterocycles. The number of carbonyl (C=O) groups excluding carboxylic acids is 2. The zero-order chi connectivity index (χ0) is 26.0. The molecule has 0 radical (unpaired) electrons. The number of carbonyl (C=O) groups is 2. The minimum Gasteiger partial charge on any atom is -0.392 e. The Hall–Kier alpha value is -2.70. The monoisotopic (exact) mass is 474 g/mol. The summed E-state index contributed by atoms with van der Waals surface area (Å²) >= 11 is 0. The van der Waals surface area contributed by atoms with Crippen LogP contribution in [-0.4, -0.2) is 34.7 Å². The molecule has 0 saturated carbocycles. The van der Waals surface area contributed by atoms with Gasteiger partial charge in [-0.2, -0.15) is 0 Å². The van der Waals surface area contributed by atoms with Crippen molar-refractivity contribution < 1.29 is 29.3 Å². The summed E-state index contributed by atoms with van der Waals surface area (Å²) in [4.78, 5) is 23.6. The number of hydrogen-bond donors (Lipinski definition) is 2. The molecule has 0 unspecified atom stereocenters. The SMILES string of the molecule is C/C=C/C(=O)OC(O)(/C=C(\C)CC/C=C(/CO)CC/C=C(\C)CCC=C(C)C)OC(=O)/C=C/C. The van der Waals surface area contributed by atoms with E-state index in [4.69, 9.17) is 9.47 Å². The maximum Gasteiger partial charge on any atom is 0.396 e. The van der Waals surface area contributed by atoms with Crippen LogP contribution in [0, 0.1) is 0 Å². The van der Waals surface area contributed by atoms with Crippen LogP contribution in [0.2, 0.25) is 0 Å². The van der Waals surface area contributed by atoms with E-state index in [1.807, 2.05) is 6.08 Å². The molecule has 0 rings (SSSR count). The minimum absolute atomic E-state index is 0.0146. The van der Waals surface area contributed by atoms with Gasteiger partial charge in [0.25, 0.3) is 0 Å². The van der Waals surface area contributed by atoms with Gasteiger partial charge in [-0.3, -0.25) is 0 Å². The van der Waals surface area contributed by atoms with Crippen LogP contribution in [0.5, 0.6) is 0 Å². The summed E-state index contributed by atoms with van der Waals surface area (Å²) in [7, 11) is 0. The molecule has 6 nitrogen and oxygen atoms in total.